The smallest absolute Gasteiger partial charge is 0.0537 e. The molecule has 3 nitrogen and oxygen atoms in total. The van der Waals surface area contributed by atoms with Crippen molar-refractivity contribution < 1.29 is 0 Å². The molecule has 0 saturated heterocycles. The van der Waals surface area contributed by atoms with Crippen molar-refractivity contribution >= 4 is 0 Å². The number of hydrogen-bond donors (Lipinski definition) is 1. The average Bonchev–Trinajstić information content (AvgIpc) is 2.70. The Morgan fingerprint density at radius 2 is 1.80 bits per heavy atom. The third-order valence-electron chi connectivity index (χ3n) is 6.22. The van der Waals surface area contributed by atoms with Crippen LogP contribution in [0, 0.1) is 30.1 Å². The second-order valence-electron chi connectivity index (χ2n) is 7.86. The Balaban J connectivity index is 1.56. The summed E-state index contributed by atoms with van der Waals surface area (Å²) in [4.78, 5) is 0. The van der Waals surface area contributed by atoms with Gasteiger partial charge in [0.1, 0.15) is 0 Å². The Kier molecular flexibility index (Phi) is 2.95. The quantitative estimate of drug-likeness (QED) is 0.913. The van der Waals surface area contributed by atoms with E-state index in [1.807, 2.05) is 7.05 Å². The van der Waals surface area contributed by atoms with Crippen LogP contribution in [0.15, 0.2) is 6.20 Å². The maximum atomic E-state index is 4.69. The summed E-state index contributed by atoms with van der Waals surface area (Å²) in [7, 11) is 2.01. The van der Waals surface area contributed by atoms with Gasteiger partial charge in [0.25, 0.3) is 0 Å². The molecule has 0 radical (unpaired) electrons. The van der Waals surface area contributed by atoms with Crippen LogP contribution in [0.4, 0.5) is 0 Å². The van der Waals surface area contributed by atoms with E-state index >= 15 is 0 Å². The summed E-state index contributed by atoms with van der Waals surface area (Å²) >= 11 is 0. The molecule has 0 aliphatic heterocycles. The van der Waals surface area contributed by atoms with Crippen molar-refractivity contribution in [1.29, 1.82) is 0 Å². The molecule has 0 atom stereocenters. The predicted octanol–water partition coefficient (Wildman–Crippen LogP) is 3.13. The number of aromatic nitrogens is 2. The topological polar surface area (TPSA) is 29.9 Å². The SMILES string of the molecule is CNCc1cnn(CC23CC4CC(CC(C4)C2)C3)c1C. The molecule has 4 fully saturated rings. The zero-order valence-electron chi connectivity index (χ0n) is 12.9. The van der Waals surface area contributed by atoms with Gasteiger partial charge >= 0.3 is 0 Å². The van der Waals surface area contributed by atoms with Gasteiger partial charge in [-0.05, 0) is 75.7 Å². The first-order valence-electron chi connectivity index (χ1n) is 8.33. The first-order chi connectivity index (χ1) is 9.67. The molecule has 0 unspecified atom stereocenters. The molecule has 0 spiro atoms. The van der Waals surface area contributed by atoms with Gasteiger partial charge in [-0.15, -0.1) is 0 Å². The third-order valence-corrected chi connectivity index (χ3v) is 6.22. The van der Waals surface area contributed by atoms with E-state index in [1.165, 1.54) is 56.3 Å². The fourth-order valence-corrected chi connectivity index (χ4v) is 5.81. The highest BCUT2D eigenvalue weighted by molar-refractivity contribution is 5.16. The molecule has 1 aromatic heterocycles. The van der Waals surface area contributed by atoms with E-state index < -0.39 is 0 Å². The lowest BCUT2D eigenvalue weighted by Gasteiger charge is -2.56. The molecule has 5 rings (SSSR count). The monoisotopic (exact) mass is 273 g/mol. The van der Waals surface area contributed by atoms with Crippen molar-refractivity contribution in [2.24, 2.45) is 23.2 Å². The van der Waals surface area contributed by atoms with Gasteiger partial charge in [-0.2, -0.15) is 5.10 Å². The van der Waals surface area contributed by atoms with E-state index in [1.54, 1.807) is 0 Å². The predicted molar refractivity (Wildman–Crippen MR) is 80.3 cm³/mol. The minimum atomic E-state index is 0.586. The molecule has 1 heterocycles. The van der Waals surface area contributed by atoms with Gasteiger partial charge in [-0.3, -0.25) is 4.68 Å². The summed E-state index contributed by atoms with van der Waals surface area (Å²) in [5, 5.41) is 7.93. The second-order valence-corrected chi connectivity index (χ2v) is 7.86. The zero-order valence-corrected chi connectivity index (χ0v) is 12.9. The van der Waals surface area contributed by atoms with E-state index in [9.17, 15) is 0 Å². The Labute approximate surface area is 122 Å². The molecule has 4 saturated carbocycles. The maximum absolute atomic E-state index is 4.69. The molecule has 3 heteroatoms. The molecule has 0 amide bonds. The van der Waals surface area contributed by atoms with Crippen LogP contribution in [0.3, 0.4) is 0 Å². The average molecular weight is 273 g/mol. The second kappa shape index (κ2) is 4.59. The van der Waals surface area contributed by atoms with E-state index in [-0.39, 0.29) is 0 Å². The highest BCUT2D eigenvalue weighted by atomic mass is 15.3. The summed E-state index contributed by atoms with van der Waals surface area (Å²) < 4.78 is 2.31. The van der Waals surface area contributed by atoms with Crippen molar-refractivity contribution in [3.05, 3.63) is 17.5 Å². The van der Waals surface area contributed by atoms with Crippen LogP contribution in [-0.4, -0.2) is 16.8 Å². The van der Waals surface area contributed by atoms with E-state index in [0.717, 1.165) is 24.3 Å². The Morgan fingerprint density at radius 1 is 1.20 bits per heavy atom. The summed E-state index contributed by atoms with van der Waals surface area (Å²) in [5.41, 5.74) is 3.31. The summed E-state index contributed by atoms with van der Waals surface area (Å²) in [6.45, 7) is 4.35. The lowest BCUT2D eigenvalue weighted by atomic mass is 9.49. The van der Waals surface area contributed by atoms with Crippen LogP contribution in [0.25, 0.3) is 0 Å². The molecule has 4 aliphatic carbocycles. The van der Waals surface area contributed by atoms with Gasteiger partial charge in [0, 0.05) is 24.3 Å². The lowest BCUT2D eigenvalue weighted by molar-refractivity contribution is -0.0638. The van der Waals surface area contributed by atoms with Gasteiger partial charge in [0.15, 0.2) is 0 Å². The standard InChI is InChI=1S/C17H27N3/c1-12-16(9-18-2)10-19-20(12)11-17-6-13-3-14(7-17)5-15(4-13)8-17/h10,13-15,18H,3-9,11H2,1-2H3. The fraction of sp³-hybridized carbons (Fsp3) is 0.824. The summed E-state index contributed by atoms with van der Waals surface area (Å²) in [6, 6.07) is 0. The van der Waals surface area contributed by atoms with Gasteiger partial charge in [-0.1, -0.05) is 0 Å². The van der Waals surface area contributed by atoms with E-state index in [0.29, 0.717) is 5.41 Å². The lowest BCUT2D eigenvalue weighted by Crippen LogP contribution is -2.48. The normalized spacial score (nSPS) is 38.6. The van der Waals surface area contributed by atoms with E-state index in [2.05, 4.69) is 28.2 Å². The Hall–Kier alpha value is -0.830. The first-order valence-corrected chi connectivity index (χ1v) is 8.33. The third kappa shape index (κ3) is 2.02. The van der Waals surface area contributed by atoms with Crippen LogP contribution < -0.4 is 5.32 Å². The van der Waals surface area contributed by atoms with Crippen LogP contribution in [0.5, 0.6) is 0 Å². The Bertz CT molecular complexity index is 467. The number of nitrogens with one attached hydrogen (secondary N) is 1. The highest BCUT2D eigenvalue weighted by Gasteiger charge is 2.51. The molecule has 20 heavy (non-hydrogen) atoms. The molecule has 4 aliphatic rings. The first kappa shape index (κ1) is 12.9. The van der Waals surface area contributed by atoms with Crippen LogP contribution in [-0.2, 0) is 13.1 Å². The molecule has 0 aromatic carbocycles. The van der Waals surface area contributed by atoms with Gasteiger partial charge in [0.05, 0.1) is 6.20 Å². The van der Waals surface area contributed by atoms with Crippen LogP contribution in [0.2, 0.25) is 0 Å². The van der Waals surface area contributed by atoms with Crippen molar-refractivity contribution in [2.45, 2.75) is 58.5 Å². The van der Waals surface area contributed by atoms with Crippen LogP contribution in [0.1, 0.15) is 49.8 Å². The summed E-state index contributed by atoms with van der Waals surface area (Å²) in [6.07, 6.45) is 11.1. The number of rotatable bonds is 4. The fourth-order valence-electron chi connectivity index (χ4n) is 5.81. The van der Waals surface area contributed by atoms with Gasteiger partial charge in [0.2, 0.25) is 0 Å². The van der Waals surface area contributed by atoms with Crippen molar-refractivity contribution in [3.8, 4) is 0 Å². The molecule has 1 N–H and O–H groups in total. The molecular formula is C17H27N3. The van der Waals surface area contributed by atoms with Crippen molar-refractivity contribution in [1.82, 2.24) is 15.1 Å². The molecule has 1 aromatic rings. The minimum Gasteiger partial charge on any atom is -0.316 e. The maximum Gasteiger partial charge on any atom is 0.0537 e. The number of hydrogen-bond acceptors (Lipinski definition) is 2. The Morgan fingerprint density at radius 3 is 2.35 bits per heavy atom. The summed E-state index contributed by atoms with van der Waals surface area (Å²) in [5.74, 6) is 3.11. The van der Waals surface area contributed by atoms with Gasteiger partial charge < -0.3 is 5.32 Å². The molecule has 4 bridgehead atoms. The van der Waals surface area contributed by atoms with Crippen LogP contribution >= 0.6 is 0 Å². The van der Waals surface area contributed by atoms with E-state index in [4.69, 9.17) is 0 Å². The highest BCUT2D eigenvalue weighted by Crippen LogP contribution is 2.60. The zero-order chi connectivity index (χ0) is 13.7. The molecular weight excluding hydrogens is 246 g/mol. The minimum absolute atomic E-state index is 0.586. The van der Waals surface area contributed by atoms with Crippen molar-refractivity contribution in [3.63, 3.8) is 0 Å². The molecule has 110 valence electrons. The van der Waals surface area contributed by atoms with Gasteiger partial charge in [-0.25, -0.2) is 0 Å². The largest absolute Gasteiger partial charge is 0.316 e. The number of nitrogens with zero attached hydrogens (tertiary/aromatic N) is 2. The van der Waals surface area contributed by atoms with Crippen molar-refractivity contribution in [2.75, 3.05) is 7.05 Å².